The highest BCUT2D eigenvalue weighted by Crippen LogP contribution is 2.19. The van der Waals surface area contributed by atoms with E-state index in [0.29, 0.717) is 12.1 Å². The molecule has 2 heterocycles. The van der Waals surface area contributed by atoms with Gasteiger partial charge in [-0.1, -0.05) is 30.3 Å². The van der Waals surface area contributed by atoms with E-state index in [4.69, 9.17) is 0 Å². The van der Waals surface area contributed by atoms with Crippen molar-refractivity contribution in [3.05, 3.63) is 35.9 Å². The standard InChI is InChI=1S/C21H36N6.HI/c1-22-21(24-15-20-17-25(2)12-13-26(20)3)23-14-19-10-7-11-27(19)16-18-8-5-4-6-9-18;/h4-6,8-9,19-20H,7,10-17H2,1-3H3,(H2,22,23,24);1H. The van der Waals surface area contributed by atoms with E-state index >= 15 is 0 Å². The molecule has 2 aliphatic rings. The van der Waals surface area contributed by atoms with Crippen LogP contribution in [0.25, 0.3) is 0 Å². The van der Waals surface area contributed by atoms with E-state index in [1.54, 1.807) is 0 Å². The lowest BCUT2D eigenvalue weighted by atomic mass is 10.2. The van der Waals surface area contributed by atoms with E-state index in [1.165, 1.54) is 24.9 Å². The maximum Gasteiger partial charge on any atom is 0.191 e. The van der Waals surface area contributed by atoms with Crippen LogP contribution in [-0.4, -0.2) is 93.2 Å². The number of likely N-dealkylation sites (tertiary alicyclic amines) is 1. The number of rotatable bonds is 6. The minimum absolute atomic E-state index is 0. The van der Waals surface area contributed by atoms with Crippen LogP contribution in [0.15, 0.2) is 35.3 Å². The summed E-state index contributed by atoms with van der Waals surface area (Å²) in [7, 11) is 6.28. The van der Waals surface area contributed by atoms with E-state index < -0.39 is 0 Å². The van der Waals surface area contributed by atoms with Gasteiger partial charge in [0.25, 0.3) is 0 Å². The summed E-state index contributed by atoms with van der Waals surface area (Å²) in [5.74, 6) is 0.920. The molecule has 0 bridgehead atoms. The fourth-order valence-electron chi connectivity index (χ4n) is 4.12. The predicted molar refractivity (Wildman–Crippen MR) is 129 cm³/mol. The zero-order chi connectivity index (χ0) is 19.1. The van der Waals surface area contributed by atoms with Crippen molar-refractivity contribution in [1.82, 2.24) is 25.3 Å². The lowest BCUT2D eigenvalue weighted by Crippen LogP contribution is -2.55. The van der Waals surface area contributed by atoms with Crippen molar-refractivity contribution in [2.75, 3.05) is 60.4 Å². The molecule has 2 saturated heterocycles. The van der Waals surface area contributed by atoms with Gasteiger partial charge in [-0.25, -0.2) is 0 Å². The van der Waals surface area contributed by atoms with Crippen LogP contribution in [0.5, 0.6) is 0 Å². The molecule has 2 N–H and O–H groups in total. The summed E-state index contributed by atoms with van der Waals surface area (Å²) in [6.07, 6.45) is 2.54. The van der Waals surface area contributed by atoms with Gasteiger partial charge < -0.3 is 15.5 Å². The highest BCUT2D eigenvalue weighted by molar-refractivity contribution is 14.0. The van der Waals surface area contributed by atoms with Gasteiger partial charge in [0, 0.05) is 58.4 Å². The number of nitrogens with one attached hydrogen (secondary N) is 2. The van der Waals surface area contributed by atoms with E-state index in [2.05, 4.69) is 74.8 Å². The number of hydrogen-bond acceptors (Lipinski definition) is 4. The summed E-state index contributed by atoms with van der Waals surface area (Å²) >= 11 is 0. The van der Waals surface area contributed by atoms with Gasteiger partial charge in [0.15, 0.2) is 5.96 Å². The van der Waals surface area contributed by atoms with E-state index in [0.717, 1.165) is 45.2 Å². The Labute approximate surface area is 187 Å². The molecule has 1 aromatic carbocycles. The normalized spacial score (nSPS) is 24.8. The molecule has 1 aromatic rings. The lowest BCUT2D eigenvalue weighted by Gasteiger charge is -2.38. The summed E-state index contributed by atoms with van der Waals surface area (Å²) in [5, 5.41) is 7.09. The maximum atomic E-state index is 4.43. The van der Waals surface area contributed by atoms with Crippen LogP contribution in [0.3, 0.4) is 0 Å². The van der Waals surface area contributed by atoms with Crippen molar-refractivity contribution in [3.8, 4) is 0 Å². The average Bonchev–Trinajstić information content (AvgIpc) is 3.12. The molecule has 2 fully saturated rings. The third kappa shape index (κ3) is 6.86. The molecule has 0 amide bonds. The van der Waals surface area contributed by atoms with Gasteiger partial charge in [-0.05, 0) is 39.0 Å². The lowest BCUT2D eigenvalue weighted by molar-refractivity contribution is 0.116. The van der Waals surface area contributed by atoms with Crippen LogP contribution in [0.1, 0.15) is 18.4 Å². The van der Waals surface area contributed by atoms with Crippen molar-refractivity contribution in [2.24, 2.45) is 4.99 Å². The summed E-state index contributed by atoms with van der Waals surface area (Å²) in [5.41, 5.74) is 1.40. The van der Waals surface area contributed by atoms with Crippen LogP contribution in [0, 0.1) is 0 Å². The molecule has 3 rings (SSSR count). The Morgan fingerprint density at radius 3 is 2.46 bits per heavy atom. The Bertz CT molecular complexity index is 596. The number of hydrogen-bond donors (Lipinski definition) is 2. The number of halogens is 1. The Kier molecular flexibility index (Phi) is 9.98. The summed E-state index contributed by atoms with van der Waals surface area (Å²) in [6.45, 7) is 7.50. The Hall–Kier alpha value is -0.900. The second-order valence-electron chi connectivity index (χ2n) is 7.98. The first-order valence-electron chi connectivity index (χ1n) is 10.3. The van der Waals surface area contributed by atoms with Gasteiger partial charge in [0.1, 0.15) is 0 Å². The minimum atomic E-state index is 0. The molecule has 2 aliphatic heterocycles. The zero-order valence-electron chi connectivity index (χ0n) is 17.6. The smallest absolute Gasteiger partial charge is 0.191 e. The second kappa shape index (κ2) is 11.9. The zero-order valence-corrected chi connectivity index (χ0v) is 19.9. The van der Waals surface area contributed by atoms with Crippen LogP contribution >= 0.6 is 24.0 Å². The van der Waals surface area contributed by atoms with Crippen molar-refractivity contribution >= 4 is 29.9 Å². The van der Waals surface area contributed by atoms with E-state index in [1.807, 2.05) is 7.05 Å². The first-order chi connectivity index (χ1) is 13.2. The highest BCUT2D eigenvalue weighted by atomic mass is 127. The number of nitrogens with zero attached hydrogens (tertiary/aromatic N) is 4. The SMILES string of the molecule is CN=C(NCC1CN(C)CCN1C)NCC1CCCN1Cc1ccccc1.I. The molecule has 28 heavy (non-hydrogen) atoms. The van der Waals surface area contributed by atoms with Gasteiger partial charge in [0.05, 0.1) is 0 Å². The molecular weight excluding hydrogens is 463 g/mol. The third-order valence-electron chi connectivity index (χ3n) is 5.94. The molecule has 0 spiro atoms. The Balaban J connectivity index is 0.00000280. The number of aliphatic imine (C=N–C) groups is 1. The Morgan fingerprint density at radius 2 is 1.75 bits per heavy atom. The second-order valence-corrected chi connectivity index (χ2v) is 7.98. The van der Waals surface area contributed by atoms with Crippen LogP contribution < -0.4 is 10.6 Å². The van der Waals surface area contributed by atoms with Gasteiger partial charge in [-0.3, -0.25) is 14.8 Å². The summed E-state index contributed by atoms with van der Waals surface area (Å²) in [4.78, 5) is 11.9. The van der Waals surface area contributed by atoms with Crippen molar-refractivity contribution in [2.45, 2.75) is 31.5 Å². The molecule has 2 unspecified atom stereocenters. The average molecular weight is 500 g/mol. The Morgan fingerprint density at radius 1 is 1.04 bits per heavy atom. The van der Waals surface area contributed by atoms with Crippen molar-refractivity contribution in [1.29, 1.82) is 0 Å². The fourth-order valence-corrected chi connectivity index (χ4v) is 4.12. The quantitative estimate of drug-likeness (QED) is 0.354. The topological polar surface area (TPSA) is 46.1 Å². The van der Waals surface area contributed by atoms with Gasteiger partial charge in [-0.15, -0.1) is 24.0 Å². The van der Waals surface area contributed by atoms with Crippen LogP contribution in [0.2, 0.25) is 0 Å². The van der Waals surface area contributed by atoms with Crippen molar-refractivity contribution in [3.63, 3.8) is 0 Å². The van der Waals surface area contributed by atoms with E-state index in [-0.39, 0.29) is 24.0 Å². The molecule has 6 nitrogen and oxygen atoms in total. The molecule has 7 heteroatoms. The van der Waals surface area contributed by atoms with Crippen LogP contribution in [0.4, 0.5) is 0 Å². The molecule has 0 aliphatic carbocycles. The maximum absolute atomic E-state index is 4.43. The summed E-state index contributed by atoms with van der Waals surface area (Å²) < 4.78 is 0. The van der Waals surface area contributed by atoms with Crippen molar-refractivity contribution < 1.29 is 0 Å². The van der Waals surface area contributed by atoms with Gasteiger partial charge in [-0.2, -0.15) is 0 Å². The minimum Gasteiger partial charge on any atom is -0.355 e. The largest absolute Gasteiger partial charge is 0.355 e. The predicted octanol–water partition coefficient (Wildman–Crippen LogP) is 1.68. The first kappa shape index (κ1) is 23.4. The molecular formula is C21H37IN6. The number of piperazine rings is 1. The van der Waals surface area contributed by atoms with Gasteiger partial charge in [0.2, 0.25) is 0 Å². The monoisotopic (exact) mass is 500 g/mol. The molecule has 0 aromatic heterocycles. The third-order valence-corrected chi connectivity index (χ3v) is 5.94. The number of likely N-dealkylation sites (N-methyl/N-ethyl adjacent to an activating group) is 2. The van der Waals surface area contributed by atoms with Crippen LogP contribution in [-0.2, 0) is 6.54 Å². The fraction of sp³-hybridized carbons (Fsp3) is 0.667. The number of guanidine groups is 1. The highest BCUT2D eigenvalue weighted by Gasteiger charge is 2.25. The summed E-state index contributed by atoms with van der Waals surface area (Å²) in [6, 6.07) is 11.9. The van der Waals surface area contributed by atoms with Gasteiger partial charge >= 0.3 is 0 Å². The molecule has 158 valence electrons. The number of benzene rings is 1. The molecule has 2 atom stereocenters. The molecule has 0 radical (unpaired) electrons. The first-order valence-corrected chi connectivity index (χ1v) is 10.3. The van der Waals surface area contributed by atoms with E-state index in [9.17, 15) is 0 Å². The molecule has 0 saturated carbocycles.